The third-order valence-electron chi connectivity index (χ3n) is 2.85. The maximum Gasteiger partial charge on any atom is 0.239 e. The average Bonchev–Trinajstić information content (AvgIpc) is 2.39. The minimum atomic E-state index is -0.336. The SMILES string of the molecule is Cc1cccnc1CNc1ccc(N)c(OC(C)(C)C)n1. The Hall–Kier alpha value is -2.30. The molecular formula is C16H22N4O. The van der Waals surface area contributed by atoms with E-state index in [1.807, 2.05) is 45.9 Å². The maximum absolute atomic E-state index is 5.90. The van der Waals surface area contributed by atoms with E-state index < -0.39 is 0 Å². The average molecular weight is 286 g/mol. The molecule has 0 bridgehead atoms. The van der Waals surface area contributed by atoms with Gasteiger partial charge in [0.25, 0.3) is 0 Å². The Morgan fingerprint density at radius 1 is 1.24 bits per heavy atom. The van der Waals surface area contributed by atoms with E-state index in [0.717, 1.165) is 11.3 Å². The molecule has 3 N–H and O–H groups in total. The molecule has 2 rings (SSSR count). The van der Waals surface area contributed by atoms with Crippen LogP contribution >= 0.6 is 0 Å². The van der Waals surface area contributed by atoms with Crippen LogP contribution in [0.25, 0.3) is 0 Å². The molecule has 0 saturated heterocycles. The number of nitrogens with two attached hydrogens (primary N) is 1. The van der Waals surface area contributed by atoms with E-state index in [-0.39, 0.29) is 5.60 Å². The normalized spacial score (nSPS) is 11.2. The summed E-state index contributed by atoms with van der Waals surface area (Å²) in [5.74, 6) is 1.17. The molecule has 112 valence electrons. The molecule has 0 unspecified atom stereocenters. The van der Waals surface area contributed by atoms with Crippen molar-refractivity contribution in [2.45, 2.75) is 39.8 Å². The van der Waals surface area contributed by atoms with Gasteiger partial charge in [-0.1, -0.05) is 6.07 Å². The van der Waals surface area contributed by atoms with Gasteiger partial charge in [-0.15, -0.1) is 0 Å². The van der Waals surface area contributed by atoms with Gasteiger partial charge in [-0.3, -0.25) is 4.98 Å². The van der Waals surface area contributed by atoms with E-state index in [1.165, 1.54) is 0 Å². The molecule has 2 aromatic heterocycles. The minimum Gasteiger partial charge on any atom is -0.470 e. The van der Waals surface area contributed by atoms with Crippen molar-refractivity contribution in [2.24, 2.45) is 0 Å². The Balaban J connectivity index is 2.11. The Morgan fingerprint density at radius 2 is 2.00 bits per heavy atom. The lowest BCUT2D eigenvalue weighted by molar-refractivity contribution is 0.125. The Kier molecular flexibility index (Phi) is 4.31. The second kappa shape index (κ2) is 5.99. The van der Waals surface area contributed by atoms with Crippen molar-refractivity contribution in [2.75, 3.05) is 11.1 Å². The quantitative estimate of drug-likeness (QED) is 0.903. The molecule has 0 radical (unpaired) electrons. The lowest BCUT2D eigenvalue weighted by Crippen LogP contribution is -2.24. The second-order valence-electron chi connectivity index (χ2n) is 5.93. The predicted molar refractivity (Wildman–Crippen MR) is 85.3 cm³/mol. The van der Waals surface area contributed by atoms with Gasteiger partial charge in [-0.05, 0) is 51.5 Å². The fourth-order valence-electron chi connectivity index (χ4n) is 1.80. The number of ether oxygens (including phenoxy) is 1. The number of aromatic nitrogens is 2. The summed E-state index contributed by atoms with van der Waals surface area (Å²) in [5, 5.41) is 3.25. The number of hydrogen-bond acceptors (Lipinski definition) is 5. The highest BCUT2D eigenvalue weighted by molar-refractivity contribution is 5.53. The molecule has 0 amide bonds. The van der Waals surface area contributed by atoms with Crippen LogP contribution in [0.1, 0.15) is 32.0 Å². The first-order valence-electron chi connectivity index (χ1n) is 6.95. The van der Waals surface area contributed by atoms with Gasteiger partial charge in [0.05, 0.1) is 17.9 Å². The molecule has 0 atom stereocenters. The van der Waals surface area contributed by atoms with Crippen LogP contribution in [0.5, 0.6) is 5.88 Å². The van der Waals surface area contributed by atoms with E-state index >= 15 is 0 Å². The zero-order chi connectivity index (χ0) is 15.5. The molecule has 5 nitrogen and oxygen atoms in total. The summed E-state index contributed by atoms with van der Waals surface area (Å²) in [4.78, 5) is 8.76. The number of pyridine rings is 2. The molecule has 0 saturated carbocycles. The summed E-state index contributed by atoms with van der Waals surface area (Å²) in [5.41, 5.74) is 8.24. The summed E-state index contributed by atoms with van der Waals surface area (Å²) >= 11 is 0. The van der Waals surface area contributed by atoms with Crippen molar-refractivity contribution in [1.82, 2.24) is 9.97 Å². The lowest BCUT2D eigenvalue weighted by Gasteiger charge is -2.21. The summed E-state index contributed by atoms with van der Waals surface area (Å²) in [6.45, 7) is 8.54. The fraction of sp³-hybridized carbons (Fsp3) is 0.375. The maximum atomic E-state index is 5.90. The van der Waals surface area contributed by atoms with Crippen LogP contribution in [-0.4, -0.2) is 15.6 Å². The molecule has 0 aliphatic rings. The van der Waals surface area contributed by atoms with Gasteiger partial charge in [0.2, 0.25) is 5.88 Å². The van der Waals surface area contributed by atoms with Gasteiger partial charge in [0, 0.05) is 6.20 Å². The second-order valence-corrected chi connectivity index (χ2v) is 5.93. The summed E-state index contributed by atoms with van der Waals surface area (Å²) in [6, 6.07) is 7.59. The number of nitrogen functional groups attached to an aromatic ring is 1. The number of nitrogens with zero attached hydrogens (tertiary/aromatic N) is 2. The van der Waals surface area contributed by atoms with Gasteiger partial charge in [-0.25, -0.2) is 0 Å². The van der Waals surface area contributed by atoms with Gasteiger partial charge in [-0.2, -0.15) is 4.98 Å². The molecule has 5 heteroatoms. The highest BCUT2D eigenvalue weighted by atomic mass is 16.5. The number of aryl methyl sites for hydroxylation is 1. The van der Waals surface area contributed by atoms with Crippen LogP contribution in [0.3, 0.4) is 0 Å². The zero-order valence-electron chi connectivity index (χ0n) is 13.0. The topological polar surface area (TPSA) is 73.1 Å². The van der Waals surface area contributed by atoms with Crippen LogP contribution in [-0.2, 0) is 6.54 Å². The Labute approximate surface area is 125 Å². The van der Waals surface area contributed by atoms with Crippen molar-refractivity contribution < 1.29 is 4.74 Å². The summed E-state index contributed by atoms with van der Waals surface area (Å²) in [7, 11) is 0. The lowest BCUT2D eigenvalue weighted by atomic mass is 10.2. The largest absolute Gasteiger partial charge is 0.470 e. The van der Waals surface area contributed by atoms with Crippen molar-refractivity contribution in [3.8, 4) is 5.88 Å². The standard InChI is InChI=1S/C16H22N4O/c1-11-6-5-9-18-13(11)10-19-14-8-7-12(17)15(20-14)21-16(2,3)4/h5-9H,10,17H2,1-4H3,(H,19,20). The van der Waals surface area contributed by atoms with Gasteiger partial charge in [0.15, 0.2) is 0 Å². The molecule has 0 aliphatic carbocycles. The molecule has 0 spiro atoms. The van der Waals surface area contributed by atoms with E-state index in [4.69, 9.17) is 10.5 Å². The van der Waals surface area contributed by atoms with Gasteiger partial charge < -0.3 is 15.8 Å². The first-order chi connectivity index (χ1) is 9.85. The first kappa shape index (κ1) is 15.1. The minimum absolute atomic E-state index is 0.336. The van der Waals surface area contributed by atoms with E-state index in [2.05, 4.69) is 15.3 Å². The molecule has 2 heterocycles. The summed E-state index contributed by atoms with van der Waals surface area (Å²) < 4.78 is 5.76. The molecule has 2 aromatic rings. The third-order valence-corrected chi connectivity index (χ3v) is 2.85. The van der Waals surface area contributed by atoms with Crippen molar-refractivity contribution in [1.29, 1.82) is 0 Å². The number of nitrogens with one attached hydrogen (secondary N) is 1. The first-order valence-corrected chi connectivity index (χ1v) is 6.95. The van der Waals surface area contributed by atoms with E-state index in [9.17, 15) is 0 Å². The van der Waals surface area contributed by atoms with Crippen molar-refractivity contribution >= 4 is 11.5 Å². The van der Waals surface area contributed by atoms with Crippen LogP contribution in [0.4, 0.5) is 11.5 Å². The number of anilines is 2. The van der Waals surface area contributed by atoms with Crippen molar-refractivity contribution in [3.05, 3.63) is 41.7 Å². The Morgan fingerprint density at radius 3 is 2.67 bits per heavy atom. The molecule has 0 aliphatic heterocycles. The monoisotopic (exact) mass is 286 g/mol. The number of rotatable bonds is 4. The molecule has 0 aromatic carbocycles. The summed E-state index contributed by atoms with van der Waals surface area (Å²) in [6.07, 6.45) is 1.79. The molecule has 0 fully saturated rings. The zero-order valence-corrected chi connectivity index (χ0v) is 13.0. The highest BCUT2D eigenvalue weighted by Gasteiger charge is 2.15. The van der Waals surface area contributed by atoms with E-state index in [1.54, 1.807) is 12.3 Å². The van der Waals surface area contributed by atoms with Crippen LogP contribution < -0.4 is 15.8 Å². The predicted octanol–water partition coefficient (Wildman–Crippen LogP) is 3.16. The van der Waals surface area contributed by atoms with Crippen molar-refractivity contribution in [3.63, 3.8) is 0 Å². The van der Waals surface area contributed by atoms with E-state index in [0.29, 0.717) is 23.9 Å². The third kappa shape index (κ3) is 4.34. The van der Waals surface area contributed by atoms with Gasteiger partial charge in [0.1, 0.15) is 11.4 Å². The van der Waals surface area contributed by atoms with Crippen LogP contribution in [0.2, 0.25) is 0 Å². The smallest absolute Gasteiger partial charge is 0.239 e. The Bertz CT molecular complexity index is 620. The highest BCUT2D eigenvalue weighted by Crippen LogP contribution is 2.25. The number of hydrogen-bond donors (Lipinski definition) is 2. The molecular weight excluding hydrogens is 264 g/mol. The van der Waals surface area contributed by atoms with Crippen LogP contribution in [0.15, 0.2) is 30.5 Å². The fourth-order valence-corrected chi connectivity index (χ4v) is 1.80. The van der Waals surface area contributed by atoms with Gasteiger partial charge >= 0.3 is 0 Å². The molecule has 21 heavy (non-hydrogen) atoms. The van der Waals surface area contributed by atoms with Crippen LogP contribution in [0, 0.1) is 6.92 Å².